The fourth-order valence-corrected chi connectivity index (χ4v) is 2.85. The molecule has 0 spiro atoms. The summed E-state index contributed by atoms with van der Waals surface area (Å²) < 4.78 is 1.68. The van der Waals surface area contributed by atoms with Crippen molar-refractivity contribution in [2.75, 3.05) is 13.1 Å². The first kappa shape index (κ1) is 16.5. The number of rotatable bonds is 7. The average Bonchev–Trinajstić information content (AvgIpc) is 2.98. The fraction of sp³-hybridized carbons (Fsp3) is 0.600. The van der Waals surface area contributed by atoms with E-state index < -0.39 is 11.4 Å². The van der Waals surface area contributed by atoms with E-state index in [9.17, 15) is 19.8 Å². The van der Waals surface area contributed by atoms with Gasteiger partial charge in [0.25, 0.3) is 0 Å². The van der Waals surface area contributed by atoms with E-state index in [-0.39, 0.29) is 18.8 Å². The molecule has 0 bridgehead atoms. The number of aliphatic hydroxyl groups is 1. The molecule has 1 saturated heterocycles. The third kappa shape index (κ3) is 3.86. The van der Waals surface area contributed by atoms with Crippen molar-refractivity contribution in [2.45, 2.75) is 45.4 Å². The summed E-state index contributed by atoms with van der Waals surface area (Å²) >= 11 is 0. The highest BCUT2D eigenvalue weighted by Crippen LogP contribution is 2.20. The van der Waals surface area contributed by atoms with Crippen LogP contribution < -0.4 is 5.43 Å². The van der Waals surface area contributed by atoms with Gasteiger partial charge in [-0.15, -0.1) is 0 Å². The third-order valence-corrected chi connectivity index (χ3v) is 3.98. The Labute approximate surface area is 128 Å². The van der Waals surface area contributed by atoms with Crippen LogP contribution in [0.2, 0.25) is 0 Å². The van der Waals surface area contributed by atoms with E-state index in [0.29, 0.717) is 30.9 Å². The van der Waals surface area contributed by atoms with Crippen molar-refractivity contribution >= 4 is 5.97 Å². The average molecular weight is 310 g/mol. The predicted molar refractivity (Wildman–Crippen MR) is 79.7 cm³/mol. The molecule has 0 amide bonds. The molecule has 122 valence electrons. The second kappa shape index (κ2) is 7.42. The van der Waals surface area contributed by atoms with Gasteiger partial charge >= 0.3 is 5.97 Å². The van der Waals surface area contributed by atoms with Crippen molar-refractivity contribution in [1.82, 2.24) is 9.47 Å². The van der Waals surface area contributed by atoms with Crippen molar-refractivity contribution in [3.8, 4) is 5.75 Å². The summed E-state index contributed by atoms with van der Waals surface area (Å²) in [6.07, 6.45) is 2.55. The number of carbonyl (C=O) groups is 1. The Hall–Kier alpha value is -1.86. The third-order valence-electron chi connectivity index (χ3n) is 3.98. The summed E-state index contributed by atoms with van der Waals surface area (Å²) in [4.78, 5) is 24.6. The summed E-state index contributed by atoms with van der Waals surface area (Å²) in [6, 6.07) is 1.21. The van der Waals surface area contributed by atoms with E-state index in [4.69, 9.17) is 5.11 Å². The van der Waals surface area contributed by atoms with E-state index in [2.05, 4.69) is 4.90 Å². The number of hydrogen-bond donors (Lipinski definition) is 3. The highest BCUT2D eigenvalue weighted by atomic mass is 16.4. The molecule has 1 fully saturated rings. The van der Waals surface area contributed by atoms with Gasteiger partial charge in [0, 0.05) is 31.3 Å². The number of nitrogens with zero attached hydrogens (tertiary/aromatic N) is 2. The van der Waals surface area contributed by atoms with Crippen LogP contribution in [0.1, 0.15) is 37.1 Å². The number of carboxylic acids is 1. The van der Waals surface area contributed by atoms with Gasteiger partial charge in [0.05, 0.1) is 12.3 Å². The van der Waals surface area contributed by atoms with Gasteiger partial charge in [0.15, 0.2) is 5.75 Å². The van der Waals surface area contributed by atoms with Gasteiger partial charge < -0.3 is 19.9 Å². The fourth-order valence-electron chi connectivity index (χ4n) is 2.85. The molecule has 0 aromatic carbocycles. The molecule has 0 unspecified atom stereocenters. The van der Waals surface area contributed by atoms with Crippen LogP contribution in [0.15, 0.2) is 10.9 Å². The zero-order valence-electron chi connectivity index (χ0n) is 12.5. The number of hydrogen-bond acceptors (Lipinski definition) is 5. The molecule has 0 atom stereocenters. The molecule has 2 heterocycles. The molecule has 2 rings (SSSR count). The number of aromatic hydroxyl groups is 1. The number of likely N-dealkylation sites (tertiary alicyclic amines) is 1. The van der Waals surface area contributed by atoms with Crippen molar-refractivity contribution in [1.29, 1.82) is 0 Å². The van der Waals surface area contributed by atoms with Crippen LogP contribution in [0.4, 0.5) is 0 Å². The lowest BCUT2D eigenvalue weighted by molar-refractivity contribution is -0.137. The highest BCUT2D eigenvalue weighted by molar-refractivity contribution is 5.66. The second-order valence-electron chi connectivity index (χ2n) is 5.59. The molecule has 7 heteroatoms. The minimum absolute atomic E-state index is 0.000904. The van der Waals surface area contributed by atoms with Gasteiger partial charge in [-0.3, -0.25) is 14.5 Å². The van der Waals surface area contributed by atoms with E-state index in [1.165, 1.54) is 6.07 Å². The van der Waals surface area contributed by atoms with E-state index in [0.717, 1.165) is 25.9 Å². The van der Waals surface area contributed by atoms with Crippen LogP contribution in [0.5, 0.6) is 5.75 Å². The zero-order chi connectivity index (χ0) is 16.1. The number of aliphatic carboxylic acids is 1. The van der Waals surface area contributed by atoms with Gasteiger partial charge in [0.1, 0.15) is 0 Å². The second-order valence-corrected chi connectivity index (χ2v) is 5.59. The van der Waals surface area contributed by atoms with Crippen molar-refractivity contribution in [3.63, 3.8) is 0 Å². The van der Waals surface area contributed by atoms with E-state index in [1.54, 1.807) is 4.57 Å². The van der Waals surface area contributed by atoms with E-state index >= 15 is 0 Å². The zero-order valence-corrected chi connectivity index (χ0v) is 12.5. The Morgan fingerprint density at radius 1 is 1.27 bits per heavy atom. The molecular weight excluding hydrogens is 288 g/mol. The maximum Gasteiger partial charge on any atom is 0.303 e. The van der Waals surface area contributed by atoms with Crippen LogP contribution in [-0.2, 0) is 24.5 Å². The van der Waals surface area contributed by atoms with Crippen LogP contribution >= 0.6 is 0 Å². The molecule has 1 aromatic rings. The largest absolute Gasteiger partial charge is 0.503 e. The number of pyridine rings is 1. The topological polar surface area (TPSA) is 103 Å². The summed E-state index contributed by atoms with van der Waals surface area (Å²) in [5, 5.41) is 28.3. The normalized spacial score (nSPS) is 15.3. The Bertz CT molecular complexity index is 590. The van der Waals surface area contributed by atoms with Gasteiger partial charge in [-0.2, -0.15) is 0 Å². The molecular formula is C15H22N2O5. The first-order valence-electron chi connectivity index (χ1n) is 7.52. The Kier molecular flexibility index (Phi) is 5.57. The summed E-state index contributed by atoms with van der Waals surface area (Å²) in [5.74, 6) is -1.20. The maximum absolute atomic E-state index is 11.8. The first-order chi connectivity index (χ1) is 10.5. The van der Waals surface area contributed by atoms with Crippen LogP contribution in [0.3, 0.4) is 0 Å². The smallest absolute Gasteiger partial charge is 0.303 e. The van der Waals surface area contributed by atoms with Crippen LogP contribution in [0, 0.1) is 0 Å². The monoisotopic (exact) mass is 310 g/mol. The lowest BCUT2D eigenvalue weighted by atomic mass is 10.2. The lowest BCUT2D eigenvalue weighted by Crippen LogP contribution is -2.26. The minimum Gasteiger partial charge on any atom is -0.503 e. The Morgan fingerprint density at radius 2 is 1.95 bits per heavy atom. The van der Waals surface area contributed by atoms with Crippen LogP contribution in [-0.4, -0.2) is 43.8 Å². The van der Waals surface area contributed by atoms with Gasteiger partial charge in [0.2, 0.25) is 5.43 Å². The minimum atomic E-state index is -0.892. The summed E-state index contributed by atoms with van der Waals surface area (Å²) in [7, 11) is 0. The Balaban J connectivity index is 2.30. The first-order valence-corrected chi connectivity index (χ1v) is 7.52. The van der Waals surface area contributed by atoms with Gasteiger partial charge in [-0.05, 0) is 32.4 Å². The van der Waals surface area contributed by atoms with E-state index in [1.807, 2.05) is 0 Å². The summed E-state index contributed by atoms with van der Waals surface area (Å²) in [6.45, 7) is 2.27. The molecule has 1 aliphatic heterocycles. The Morgan fingerprint density at radius 3 is 2.55 bits per heavy atom. The SMILES string of the molecule is O=C(O)CCCn1c(CO)cc(=O)c(O)c1CN1CCCC1. The van der Waals surface area contributed by atoms with Crippen molar-refractivity contribution in [3.05, 3.63) is 27.7 Å². The van der Waals surface area contributed by atoms with Gasteiger partial charge in [-0.1, -0.05) is 0 Å². The molecule has 0 saturated carbocycles. The van der Waals surface area contributed by atoms with Crippen LogP contribution in [0.25, 0.3) is 0 Å². The standard InChI is InChI=1S/C15H22N2O5/c18-10-11-8-13(19)15(22)12(9-16-5-1-2-6-16)17(11)7-3-4-14(20)21/h8,18,22H,1-7,9-10H2,(H,20,21). The molecule has 0 radical (unpaired) electrons. The molecule has 1 aliphatic rings. The van der Waals surface area contributed by atoms with Crippen molar-refractivity contribution < 1.29 is 20.1 Å². The van der Waals surface area contributed by atoms with Crippen molar-refractivity contribution in [2.24, 2.45) is 0 Å². The highest BCUT2D eigenvalue weighted by Gasteiger charge is 2.19. The quantitative estimate of drug-likeness (QED) is 0.678. The summed E-state index contributed by atoms with van der Waals surface area (Å²) in [5.41, 5.74) is 0.360. The molecule has 0 aliphatic carbocycles. The number of carboxylic acid groups (broad SMARTS) is 1. The van der Waals surface area contributed by atoms with Gasteiger partial charge in [-0.25, -0.2) is 0 Å². The molecule has 22 heavy (non-hydrogen) atoms. The molecule has 1 aromatic heterocycles. The number of aromatic nitrogens is 1. The molecule has 7 nitrogen and oxygen atoms in total. The maximum atomic E-state index is 11.8. The lowest BCUT2D eigenvalue weighted by Gasteiger charge is -2.22. The number of aliphatic hydroxyl groups excluding tert-OH is 1. The molecule has 3 N–H and O–H groups in total. The predicted octanol–water partition coefficient (Wildman–Crippen LogP) is 0.507.